The van der Waals surface area contributed by atoms with Gasteiger partial charge in [-0.05, 0) is 18.2 Å². The Kier molecular flexibility index (Phi) is 4.50. The van der Waals surface area contributed by atoms with Gasteiger partial charge in [0.25, 0.3) is 21.3 Å². The average molecular weight is 387 g/mol. The van der Waals surface area contributed by atoms with E-state index in [1.165, 1.54) is 24.3 Å². The number of benzene rings is 2. The van der Waals surface area contributed by atoms with E-state index in [1.807, 2.05) is 0 Å². The van der Waals surface area contributed by atoms with Gasteiger partial charge in [-0.1, -0.05) is 35.9 Å². The Labute approximate surface area is 145 Å². The van der Waals surface area contributed by atoms with Crippen LogP contribution in [0.25, 0.3) is 11.0 Å². The van der Waals surface area contributed by atoms with Gasteiger partial charge in [0.15, 0.2) is 0 Å². The van der Waals surface area contributed by atoms with E-state index < -0.39 is 21.3 Å². The van der Waals surface area contributed by atoms with Gasteiger partial charge in [-0.15, -0.1) is 0 Å². The van der Waals surface area contributed by atoms with Crippen LogP contribution in [0, 0.1) is 0 Å². The Hall–Kier alpha value is -2.07. The summed E-state index contributed by atoms with van der Waals surface area (Å²) in [5.74, 6) is 0. The SMILES string of the molecule is O=S(O)Nc1c(Cl)cccc1NS(=O)(=O)c1cc2ccccc2o1. The van der Waals surface area contributed by atoms with E-state index in [0.29, 0.717) is 11.0 Å². The number of furan rings is 1. The van der Waals surface area contributed by atoms with E-state index in [0.717, 1.165) is 0 Å². The first-order valence-electron chi connectivity index (χ1n) is 6.54. The Morgan fingerprint density at radius 3 is 2.58 bits per heavy atom. The highest BCUT2D eigenvalue weighted by Crippen LogP contribution is 2.33. The number of sulfonamides is 1. The van der Waals surface area contributed by atoms with Crippen molar-refractivity contribution < 1.29 is 21.6 Å². The first-order valence-corrected chi connectivity index (χ1v) is 9.51. The molecule has 1 heterocycles. The van der Waals surface area contributed by atoms with Gasteiger partial charge in [-0.25, -0.2) is 4.21 Å². The van der Waals surface area contributed by atoms with E-state index >= 15 is 0 Å². The van der Waals surface area contributed by atoms with Crippen LogP contribution in [0.4, 0.5) is 11.4 Å². The molecule has 0 amide bonds. The summed E-state index contributed by atoms with van der Waals surface area (Å²) in [5.41, 5.74) is 0.434. The van der Waals surface area contributed by atoms with Crippen molar-refractivity contribution in [2.24, 2.45) is 0 Å². The molecule has 7 nitrogen and oxygen atoms in total. The minimum absolute atomic E-state index is 0.0142. The smallest absolute Gasteiger partial charge is 0.295 e. The molecule has 10 heteroatoms. The van der Waals surface area contributed by atoms with Crippen molar-refractivity contribution in [3.63, 3.8) is 0 Å². The van der Waals surface area contributed by atoms with Gasteiger partial charge < -0.3 is 4.42 Å². The summed E-state index contributed by atoms with van der Waals surface area (Å²) in [6, 6.07) is 12.6. The highest BCUT2D eigenvalue weighted by atomic mass is 35.5. The molecule has 0 fully saturated rings. The van der Waals surface area contributed by atoms with Crippen LogP contribution < -0.4 is 9.44 Å². The third kappa shape index (κ3) is 3.39. The number of rotatable bonds is 5. The van der Waals surface area contributed by atoms with Gasteiger partial charge in [0.1, 0.15) is 5.58 Å². The average Bonchev–Trinajstić information content (AvgIpc) is 2.95. The maximum atomic E-state index is 12.5. The van der Waals surface area contributed by atoms with Crippen molar-refractivity contribution in [1.29, 1.82) is 0 Å². The molecular formula is C14H11ClN2O5S2. The van der Waals surface area contributed by atoms with Crippen LogP contribution in [0.15, 0.2) is 58.0 Å². The molecule has 3 rings (SSSR count). The molecule has 0 spiro atoms. The molecule has 1 unspecified atom stereocenters. The molecule has 0 aliphatic rings. The molecular weight excluding hydrogens is 376 g/mol. The summed E-state index contributed by atoms with van der Waals surface area (Å²) in [7, 11) is -4.05. The van der Waals surface area contributed by atoms with Crippen LogP contribution >= 0.6 is 11.6 Å². The third-order valence-corrected chi connectivity index (χ3v) is 5.03. The lowest BCUT2D eigenvalue weighted by atomic mass is 10.3. The first kappa shape index (κ1) is 16.8. The Bertz CT molecular complexity index is 1000. The molecule has 0 aliphatic heterocycles. The van der Waals surface area contributed by atoms with Crippen LogP contribution in [-0.4, -0.2) is 17.2 Å². The van der Waals surface area contributed by atoms with Gasteiger partial charge in [0, 0.05) is 11.5 Å². The van der Waals surface area contributed by atoms with E-state index in [4.69, 9.17) is 20.6 Å². The summed E-state index contributed by atoms with van der Waals surface area (Å²) in [6.07, 6.45) is 0. The summed E-state index contributed by atoms with van der Waals surface area (Å²) in [5, 5.41) is 0.445. The number of para-hydroxylation sites is 2. The summed E-state index contributed by atoms with van der Waals surface area (Å²) in [4.78, 5) is 0. The highest BCUT2D eigenvalue weighted by Gasteiger charge is 2.22. The molecule has 126 valence electrons. The molecule has 0 aliphatic carbocycles. The minimum Gasteiger partial charge on any atom is -0.443 e. The summed E-state index contributed by atoms with van der Waals surface area (Å²) >= 11 is 3.53. The van der Waals surface area contributed by atoms with Crippen molar-refractivity contribution in [3.8, 4) is 0 Å². The normalized spacial score (nSPS) is 12.9. The maximum Gasteiger partial charge on any atom is 0.295 e. The summed E-state index contributed by atoms with van der Waals surface area (Å²) < 4.78 is 54.8. The van der Waals surface area contributed by atoms with Gasteiger partial charge in [0.2, 0.25) is 5.09 Å². The number of fused-ring (bicyclic) bond motifs is 1. The maximum absolute atomic E-state index is 12.5. The lowest BCUT2D eigenvalue weighted by Gasteiger charge is -2.12. The van der Waals surface area contributed by atoms with Crippen LogP contribution in [0.2, 0.25) is 5.02 Å². The lowest BCUT2D eigenvalue weighted by molar-refractivity contribution is 0.484. The topological polar surface area (TPSA) is 109 Å². The van der Waals surface area contributed by atoms with Crippen LogP contribution in [0.3, 0.4) is 0 Å². The Balaban J connectivity index is 2.00. The minimum atomic E-state index is -4.05. The highest BCUT2D eigenvalue weighted by molar-refractivity contribution is 7.92. The predicted octanol–water partition coefficient (Wildman–Crippen LogP) is 3.44. The fourth-order valence-electron chi connectivity index (χ4n) is 2.09. The van der Waals surface area contributed by atoms with E-state index in [9.17, 15) is 12.6 Å². The lowest BCUT2D eigenvalue weighted by Crippen LogP contribution is -2.14. The molecule has 3 N–H and O–H groups in total. The van der Waals surface area contributed by atoms with Crippen molar-refractivity contribution in [1.82, 2.24) is 0 Å². The fraction of sp³-hybridized carbons (Fsp3) is 0. The molecule has 0 saturated heterocycles. The zero-order valence-corrected chi connectivity index (χ0v) is 14.3. The quantitative estimate of drug-likeness (QED) is 0.582. The monoisotopic (exact) mass is 386 g/mol. The van der Waals surface area contributed by atoms with Crippen molar-refractivity contribution in [2.75, 3.05) is 9.44 Å². The zero-order valence-electron chi connectivity index (χ0n) is 11.9. The predicted molar refractivity (Wildman–Crippen MR) is 92.9 cm³/mol. The van der Waals surface area contributed by atoms with Crippen molar-refractivity contribution in [3.05, 3.63) is 53.6 Å². The molecule has 1 aromatic heterocycles. The molecule has 3 aromatic rings. The number of hydrogen-bond donors (Lipinski definition) is 3. The second-order valence-corrected chi connectivity index (χ2v) is 7.45. The number of halogens is 1. The first-order chi connectivity index (χ1) is 11.4. The van der Waals surface area contributed by atoms with Crippen molar-refractivity contribution >= 4 is 55.2 Å². The largest absolute Gasteiger partial charge is 0.443 e. The van der Waals surface area contributed by atoms with Gasteiger partial charge in [-0.2, -0.15) is 8.42 Å². The number of anilines is 2. The van der Waals surface area contributed by atoms with Gasteiger partial charge in [-0.3, -0.25) is 14.0 Å². The second kappa shape index (κ2) is 6.44. The molecule has 1 atom stereocenters. The molecule has 0 radical (unpaired) electrons. The zero-order chi connectivity index (χ0) is 17.3. The Morgan fingerprint density at radius 2 is 1.88 bits per heavy atom. The van der Waals surface area contributed by atoms with Crippen molar-refractivity contribution in [2.45, 2.75) is 5.09 Å². The van der Waals surface area contributed by atoms with Crippen LogP contribution in [0.1, 0.15) is 0 Å². The number of hydrogen-bond acceptors (Lipinski definition) is 4. The van der Waals surface area contributed by atoms with Gasteiger partial charge in [0.05, 0.1) is 16.4 Å². The van der Waals surface area contributed by atoms with E-state index in [2.05, 4.69) is 9.44 Å². The molecule has 0 saturated carbocycles. The van der Waals surface area contributed by atoms with E-state index in [1.54, 1.807) is 24.3 Å². The summed E-state index contributed by atoms with van der Waals surface area (Å²) in [6.45, 7) is 0. The van der Waals surface area contributed by atoms with Crippen LogP contribution in [-0.2, 0) is 21.3 Å². The molecule has 0 bridgehead atoms. The van der Waals surface area contributed by atoms with Gasteiger partial charge >= 0.3 is 0 Å². The Morgan fingerprint density at radius 1 is 1.12 bits per heavy atom. The molecule has 24 heavy (non-hydrogen) atoms. The van der Waals surface area contributed by atoms with E-state index in [-0.39, 0.29) is 21.5 Å². The standard InChI is InChI=1S/C14H11ClN2O5S2/c15-10-5-3-6-11(14(10)16-23(18)19)17-24(20,21)13-8-9-4-1-2-7-12(9)22-13/h1-8,16-17H,(H,18,19). The third-order valence-electron chi connectivity index (χ3n) is 3.12. The fourth-order valence-corrected chi connectivity index (χ4v) is 3.80. The number of nitrogens with one attached hydrogen (secondary N) is 2. The molecule has 2 aromatic carbocycles. The van der Waals surface area contributed by atoms with Crippen LogP contribution in [0.5, 0.6) is 0 Å². The second-order valence-electron chi connectivity index (χ2n) is 4.72.